The van der Waals surface area contributed by atoms with Crippen LogP contribution in [0.25, 0.3) is 0 Å². The van der Waals surface area contributed by atoms with Crippen molar-refractivity contribution in [1.82, 2.24) is 0 Å². The van der Waals surface area contributed by atoms with E-state index in [-0.39, 0.29) is 42.5 Å². The molecule has 0 aromatic heterocycles. The normalized spacial score (nSPS) is 7.75. The summed E-state index contributed by atoms with van der Waals surface area (Å²) >= 11 is 3.96. The molecule has 1 N–H and O–H groups in total. The first-order valence-corrected chi connectivity index (χ1v) is 3.18. The average Bonchev–Trinajstić information content (AvgIpc) is 1.88. The third-order valence-corrected chi connectivity index (χ3v) is 1.52. The molecule has 4 heteroatoms. The van der Waals surface area contributed by atoms with E-state index in [0.29, 0.717) is 4.90 Å². The number of carbonyl (C=O) groups is 1. The molecule has 62 valence electrons. The van der Waals surface area contributed by atoms with Gasteiger partial charge in [-0.1, -0.05) is 19.6 Å². The molecule has 0 radical (unpaired) electrons. The van der Waals surface area contributed by atoms with Crippen molar-refractivity contribution in [2.75, 3.05) is 0 Å². The van der Waals surface area contributed by atoms with Crippen molar-refractivity contribution in [3.63, 3.8) is 0 Å². The summed E-state index contributed by atoms with van der Waals surface area (Å²) in [4.78, 5) is 10.9. The van der Waals surface area contributed by atoms with Crippen LogP contribution in [0.3, 0.4) is 0 Å². The van der Waals surface area contributed by atoms with E-state index in [1.54, 1.807) is 18.2 Å². The Balaban J connectivity index is 0. The van der Waals surface area contributed by atoms with Crippen LogP contribution in [0.2, 0.25) is 0 Å². The molecule has 0 bridgehead atoms. The van der Waals surface area contributed by atoms with E-state index < -0.39 is 5.97 Å². The summed E-state index contributed by atoms with van der Waals surface area (Å²) in [5, 5.41) is 8.52. The van der Waals surface area contributed by atoms with Gasteiger partial charge in [-0.25, -0.2) is 4.79 Å². The van der Waals surface area contributed by atoms with Crippen molar-refractivity contribution >= 4 is 48.2 Å². The van der Waals surface area contributed by atoms with Crippen LogP contribution in [-0.2, 0) is 0 Å². The van der Waals surface area contributed by atoms with Gasteiger partial charge in [-0.15, -0.1) is 12.6 Å². The molecule has 0 aliphatic heterocycles. The van der Waals surface area contributed by atoms with Gasteiger partial charge in [0.2, 0.25) is 0 Å². The molecule has 0 aliphatic rings. The summed E-state index contributed by atoms with van der Waals surface area (Å²) in [6.45, 7) is 0. The molecule has 0 heterocycles. The predicted molar refractivity (Wildman–Crippen MR) is 54.5 cm³/mol. The fraction of sp³-hybridized carbons (Fsp3) is 0.125. The number of carboxylic acid groups (broad SMARTS) is 1. The number of hydrogen-bond donors (Lipinski definition) is 2. The average molecular weight is 194 g/mol. The van der Waals surface area contributed by atoms with Crippen LogP contribution < -0.4 is 0 Å². The third kappa shape index (κ3) is 3.63. The first-order valence-electron chi connectivity index (χ1n) is 2.73. The molecule has 0 fully saturated rings. The van der Waals surface area contributed by atoms with Crippen molar-refractivity contribution in [2.45, 2.75) is 12.3 Å². The number of benzene rings is 1. The molecule has 0 amide bonds. The number of hydrogen-bond acceptors (Lipinski definition) is 2. The Morgan fingerprint density at radius 1 is 1.33 bits per heavy atom. The van der Waals surface area contributed by atoms with Crippen LogP contribution in [-0.4, -0.2) is 40.6 Å². The second kappa shape index (κ2) is 6.54. The minimum atomic E-state index is -0.939. The van der Waals surface area contributed by atoms with Crippen LogP contribution in [0, 0.1) is 0 Å². The molecule has 0 unspecified atom stereocenters. The van der Waals surface area contributed by atoms with Gasteiger partial charge in [0.15, 0.2) is 0 Å². The van der Waals surface area contributed by atoms with Gasteiger partial charge in [0, 0.05) is 4.90 Å². The number of rotatable bonds is 1. The zero-order chi connectivity index (χ0) is 7.56. The van der Waals surface area contributed by atoms with Gasteiger partial charge in [-0.2, -0.15) is 0 Å². The van der Waals surface area contributed by atoms with Gasteiger partial charge < -0.3 is 5.11 Å². The van der Waals surface area contributed by atoms with Crippen molar-refractivity contribution in [3.8, 4) is 0 Å². The first-order chi connectivity index (χ1) is 4.72. The Morgan fingerprint density at radius 2 is 1.83 bits per heavy atom. The summed E-state index contributed by atoms with van der Waals surface area (Å²) in [5.74, 6) is -0.939. The molecule has 0 saturated carbocycles. The molecule has 1 aromatic carbocycles. The standard InChI is InChI=1S/C7H6O2S.CH4.Na.H/c8-7(9)5-3-1-2-4-6(5)10;;;/h1-4,10H,(H,8,9);1H4;;. The monoisotopic (exact) mass is 194 g/mol. The molecule has 0 spiro atoms. The fourth-order valence-electron chi connectivity index (χ4n) is 0.654. The molecule has 12 heavy (non-hydrogen) atoms. The molecule has 1 aromatic rings. The third-order valence-electron chi connectivity index (χ3n) is 1.13. The van der Waals surface area contributed by atoms with E-state index in [4.69, 9.17) is 5.11 Å². The van der Waals surface area contributed by atoms with Gasteiger partial charge in [-0.3, -0.25) is 0 Å². The molecular formula is C8H11NaO2S. The SMILES string of the molecule is C.O=C(O)c1ccccc1S.[NaH]. The van der Waals surface area contributed by atoms with E-state index in [1.807, 2.05) is 0 Å². The number of carboxylic acids is 1. The molecule has 0 saturated heterocycles. The Kier molecular flexibility index (Phi) is 7.94. The van der Waals surface area contributed by atoms with Crippen LogP contribution >= 0.6 is 12.6 Å². The van der Waals surface area contributed by atoms with Crippen LogP contribution in [0.4, 0.5) is 0 Å². The van der Waals surface area contributed by atoms with Crippen LogP contribution in [0.5, 0.6) is 0 Å². The van der Waals surface area contributed by atoms with Gasteiger partial charge in [0.1, 0.15) is 0 Å². The zero-order valence-electron chi connectivity index (χ0n) is 5.11. The zero-order valence-corrected chi connectivity index (χ0v) is 6.01. The van der Waals surface area contributed by atoms with E-state index in [1.165, 1.54) is 6.07 Å². The summed E-state index contributed by atoms with van der Waals surface area (Å²) in [6, 6.07) is 6.58. The maximum absolute atomic E-state index is 10.4. The van der Waals surface area contributed by atoms with Gasteiger partial charge in [-0.05, 0) is 12.1 Å². The molecular weight excluding hydrogens is 183 g/mol. The number of aromatic carboxylic acids is 1. The summed E-state index contributed by atoms with van der Waals surface area (Å²) < 4.78 is 0. The van der Waals surface area contributed by atoms with E-state index in [2.05, 4.69) is 12.6 Å². The summed E-state index contributed by atoms with van der Waals surface area (Å²) in [6.07, 6.45) is 0. The van der Waals surface area contributed by atoms with Gasteiger partial charge in [0.25, 0.3) is 0 Å². The Morgan fingerprint density at radius 3 is 2.17 bits per heavy atom. The summed E-state index contributed by atoms with van der Waals surface area (Å²) in [7, 11) is 0. The molecule has 0 atom stereocenters. The van der Waals surface area contributed by atoms with Crippen molar-refractivity contribution < 1.29 is 9.90 Å². The molecule has 2 nitrogen and oxygen atoms in total. The minimum absolute atomic E-state index is 0. The van der Waals surface area contributed by atoms with Crippen molar-refractivity contribution in [3.05, 3.63) is 29.8 Å². The van der Waals surface area contributed by atoms with Crippen molar-refractivity contribution in [1.29, 1.82) is 0 Å². The molecule has 0 aliphatic carbocycles. The van der Waals surface area contributed by atoms with Crippen LogP contribution in [0.1, 0.15) is 17.8 Å². The quantitative estimate of drug-likeness (QED) is 0.527. The van der Waals surface area contributed by atoms with E-state index >= 15 is 0 Å². The van der Waals surface area contributed by atoms with E-state index in [0.717, 1.165) is 0 Å². The second-order valence-corrected chi connectivity index (χ2v) is 2.30. The van der Waals surface area contributed by atoms with E-state index in [9.17, 15) is 4.79 Å². The fourth-order valence-corrected chi connectivity index (χ4v) is 0.911. The maximum atomic E-state index is 10.4. The van der Waals surface area contributed by atoms with Gasteiger partial charge in [0.05, 0.1) is 5.56 Å². The predicted octanol–water partition coefficient (Wildman–Crippen LogP) is 1.66. The van der Waals surface area contributed by atoms with Crippen molar-refractivity contribution in [2.24, 2.45) is 0 Å². The van der Waals surface area contributed by atoms with Crippen LogP contribution in [0.15, 0.2) is 29.2 Å². The summed E-state index contributed by atoms with van der Waals surface area (Å²) in [5.41, 5.74) is 0.242. The Labute approximate surface area is 99.7 Å². The molecule has 1 rings (SSSR count). The second-order valence-electron chi connectivity index (χ2n) is 1.82. The first kappa shape index (κ1) is 14.6. The Hall–Kier alpha value is 0.0400. The topological polar surface area (TPSA) is 37.3 Å². The van der Waals surface area contributed by atoms with Gasteiger partial charge >= 0.3 is 35.5 Å². The Bertz CT molecular complexity index is 263. The number of thiol groups is 1.